The van der Waals surface area contributed by atoms with E-state index in [4.69, 9.17) is 4.42 Å². The molecule has 1 heterocycles. The molecule has 0 saturated heterocycles. The Bertz CT molecular complexity index is 492. The van der Waals surface area contributed by atoms with Crippen molar-refractivity contribution in [3.63, 3.8) is 0 Å². The highest BCUT2D eigenvalue weighted by atomic mass is 32.2. The average molecular weight is 288 g/mol. The second-order valence-electron chi connectivity index (χ2n) is 5.24. The van der Waals surface area contributed by atoms with Crippen LogP contribution < -0.4 is 0 Å². The zero-order valence-corrected chi connectivity index (χ0v) is 13.2. The highest BCUT2D eigenvalue weighted by Gasteiger charge is 2.26. The van der Waals surface area contributed by atoms with Crippen LogP contribution in [-0.2, 0) is 16.6 Å². The van der Waals surface area contributed by atoms with Crippen molar-refractivity contribution in [2.75, 3.05) is 27.2 Å². The van der Waals surface area contributed by atoms with Gasteiger partial charge < -0.3 is 9.32 Å². The summed E-state index contributed by atoms with van der Waals surface area (Å²) in [4.78, 5) is 1.97. The van der Waals surface area contributed by atoms with E-state index in [1.165, 1.54) is 4.31 Å². The molecule has 6 heteroatoms. The molecule has 0 fully saturated rings. The van der Waals surface area contributed by atoms with Crippen molar-refractivity contribution in [3.8, 4) is 0 Å². The van der Waals surface area contributed by atoms with Crippen LogP contribution in [0.25, 0.3) is 0 Å². The van der Waals surface area contributed by atoms with Crippen LogP contribution in [0.2, 0.25) is 0 Å². The molecule has 0 N–H and O–H groups in total. The summed E-state index contributed by atoms with van der Waals surface area (Å²) in [7, 11) is 0.579. The molecule has 0 bridgehead atoms. The summed E-state index contributed by atoms with van der Waals surface area (Å²) in [5.74, 6) is 1.48. The van der Waals surface area contributed by atoms with E-state index in [0.29, 0.717) is 25.4 Å². The Morgan fingerprint density at radius 1 is 1.21 bits per heavy atom. The smallest absolute Gasteiger partial charge is 0.216 e. The molecular weight excluding hydrogens is 264 g/mol. The molecule has 0 amide bonds. The number of rotatable bonds is 7. The third-order valence-corrected chi connectivity index (χ3v) is 5.10. The number of hydrogen-bond acceptors (Lipinski definition) is 4. The van der Waals surface area contributed by atoms with Gasteiger partial charge in [0, 0.05) is 13.1 Å². The average Bonchev–Trinajstić information content (AvgIpc) is 2.69. The van der Waals surface area contributed by atoms with Gasteiger partial charge in [-0.2, -0.15) is 4.31 Å². The summed E-state index contributed by atoms with van der Waals surface area (Å²) < 4.78 is 31.6. The van der Waals surface area contributed by atoms with Crippen molar-refractivity contribution >= 4 is 10.0 Å². The highest BCUT2D eigenvalue weighted by Crippen LogP contribution is 2.15. The molecule has 0 aromatic carbocycles. The normalized spacial score (nSPS) is 12.8. The summed E-state index contributed by atoms with van der Waals surface area (Å²) in [5, 5.41) is -0.425. The van der Waals surface area contributed by atoms with Gasteiger partial charge in [0.15, 0.2) is 0 Å². The van der Waals surface area contributed by atoms with Crippen molar-refractivity contribution in [1.29, 1.82) is 0 Å². The van der Waals surface area contributed by atoms with E-state index < -0.39 is 15.3 Å². The molecule has 1 rings (SSSR count). The molecule has 0 unspecified atom stereocenters. The van der Waals surface area contributed by atoms with E-state index in [1.54, 1.807) is 13.8 Å². The standard InChI is InChI=1S/C13H24N2O3S/c1-11(2)19(16,17)15(9-8-14(4)5)10-13-7-6-12(3)18-13/h6-7,11H,8-10H2,1-5H3. The van der Waals surface area contributed by atoms with Gasteiger partial charge in [-0.25, -0.2) is 8.42 Å². The third kappa shape index (κ3) is 4.63. The Hall–Kier alpha value is -0.850. The van der Waals surface area contributed by atoms with Gasteiger partial charge >= 0.3 is 0 Å². The molecule has 110 valence electrons. The van der Waals surface area contributed by atoms with Crippen molar-refractivity contribution in [2.45, 2.75) is 32.6 Å². The van der Waals surface area contributed by atoms with Crippen LogP contribution in [0.3, 0.4) is 0 Å². The Morgan fingerprint density at radius 3 is 2.26 bits per heavy atom. The second kappa shape index (κ2) is 6.54. The van der Waals surface area contributed by atoms with Crippen molar-refractivity contribution in [3.05, 3.63) is 23.7 Å². The number of likely N-dealkylation sites (N-methyl/N-ethyl adjacent to an activating group) is 1. The van der Waals surface area contributed by atoms with E-state index >= 15 is 0 Å². The molecule has 0 spiro atoms. The van der Waals surface area contributed by atoms with E-state index in [1.807, 2.05) is 38.1 Å². The Kier molecular flexibility index (Phi) is 5.58. The van der Waals surface area contributed by atoms with Crippen LogP contribution >= 0.6 is 0 Å². The number of nitrogens with zero attached hydrogens (tertiary/aromatic N) is 2. The molecular formula is C13H24N2O3S. The van der Waals surface area contributed by atoms with Gasteiger partial charge in [-0.3, -0.25) is 0 Å². The van der Waals surface area contributed by atoms with Gasteiger partial charge in [0.25, 0.3) is 0 Å². The summed E-state index contributed by atoms with van der Waals surface area (Å²) in [6.45, 7) is 6.70. The lowest BCUT2D eigenvalue weighted by Gasteiger charge is -2.24. The summed E-state index contributed by atoms with van der Waals surface area (Å²) in [6, 6.07) is 3.68. The molecule has 1 aromatic heterocycles. The lowest BCUT2D eigenvalue weighted by molar-refractivity contribution is 0.308. The van der Waals surface area contributed by atoms with Crippen LogP contribution in [0.15, 0.2) is 16.5 Å². The number of hydrogen-bond donors (Lipinski definition) is 0. The largest absolute Gasteiger partial charge is 0.465 e. The van der Waals surface area contributed by atoms with Crippen LogP contribution in [0, 0.1) is 6.92 Å². The van der Waals surface area contributed by atoms with Gasteiger partial charge in [0.2, 0.25) is 10.0 Å². The van der Waals surface area contributed by atoms with Gasteiger partial charge in [-0.1, -0.05) is 0 Å². The first-order valence-electron chi connectivity index (χ1n) is 6.42. The topological polar surface area (TPSA) is 53.8 Å². The quantitative estimate of drug-likeness (QED) is 0.766. The first-order chi connectivity index (χ1) is 8.73. The fraction of sp³-hybridized carbons (Fsp3) is 0.692. The number of sulfonamides is 1. The molecule has 0 saturated carbocycles. The van der Waals surface area contributed by atoms with Gasteiger partial charge in [-0.15, -0.1) is 0 Å². The van der Waals surface area contributed by atoms with Gasteiger partial charge in [0.05, 0.1) is 11.8 Å². The lowest BCUT2D eigenvalue weighted by atomic mass is 10.4. The minimum atomic E-state index is -3.28. The lowest BCUT2D eigenvalue weighted by Crippen LogP contribution is -2.39. The predicted octanol–water partition coefficient (Wildman–Crippen LogP) is 1.69. The maximum atomic E-state index is 12.3. The first-order valence-corrected chi connectivity index (χ1v) is 7.93. The van der Waals surface area contributed by atoms with E-state index in [-0.39, 0.29) is 0 Å². The summed E-state index contributed by atoms with van der Waals surface area (Å²) in [5.41, 5.74) is 0. The van der Waals surface area contributed by atoms with Crippen molar-refractivity contribution in [1.82, 2.24) is 9.21 Å². The van der Waals surface area contributed by atoms with E-state index in [2.05, 4.69) is 0 Å². The summed E-state index contributed by atoms with van der Waals surface area (Å²) in [6.07, 6.45) is 0. The van der Waals surface area contributed by atoms with Crippen LogP contribution in [0.1, 0.15) is 25.4 Å². The first kappa shape index (κ1) is 16.2. The molecule has 0 aliphatic heterocycles. The maximum Gasteiger partial charge on any atom is 0.216 e. The molecule has 0 atom stereocenters. The van der Waals surface area contributed by atoms with Gasteiger partial charge in [0.1, 0.15) is 11.5 Å². The minimum absolute atomic E-state index is 0.294. The highest BCUT2D eigenvalue weighted by molar-refractivity contribution is 7.89. The molecule has 0 aliphatic carbocycles. The predicted molar refractivity (Wildman–Crippen MR) is 76.5 cm³/mol. The van der Waals surface area contributed by atoms with E-state index in [0.717, 1.165) is 5.76 Å². The zero-order chi connectivity index (χ0) is 14.6. The SMILES string of the molecule is Cc1ccc(CN(CCN(C)C)S(=O)(=O)C(C)C)o1. The monoisotopic (exact) mass is 288 g/mol. The maximum absolute atomic E-state index is 12.3. The van der Waals surface area contributed by atoms with Crippen LogP contribution in [0.4, 0.5) is 0 Å². The molecule has 0 radical (unpaired) electrons. The Labute approximate surface area is 116 Å². The fourth-order valence-electron chi connectivity index (χ4n) is 1.65. The van der Waals surface area contributed by atoms with Crippen LogP contribution in [-0.4, -0.2) is 50.1 Å². The van der Waals surface area contributed by atoms with Crippen molar-refractivity contribution < 1.29 is 12.8 Å². The van der Waals surface area contributed by atoms with Crippen molar-refractivity contribution in [2.24, 2.45) is 0 Å². The second-order valence-corrected chi connectivity index (χ2v) is 7.73. The molecule has 1 aromatic rings. The van der Waals surface area contributed by atoms with E-state index in [9.17, 15) is 8.42 Å². The minimum Gasteiger partial charge on any atom is -0.465 e. The van der Waals surface area contributed by atoms with Crippen LogP contribution in [0.5, 0.6) is 0 Å². The molecule has 0 aliphatic rings. The number of furan rings is 1. The Balaban J connectivity index is 2.86. The zero-order valence-electron chi connectivity index (χ0n) is 12.4. The fourth-order valence-corrected chi connectivity index (χ4v) is 2.89. The molecule has 19 heavy (non-hydrogen) atoms. The molecule has 5 nitrogen and oxygen atoms in total. The third-order valence-electron chi connectivity index (χ3n) is 2.88. The van der Waals surface area contributed by atoms with Gasteiger partial charge in [-0.05, 0) is 47.0 Å². The summed E-state index contributed by atoms with van der Waals surface area (Å²) >= 11 is 0. The number of aryl methyl sites for hydroxylation is 1. The Morgan fingerprint density at radius 2 is 1.84 bits per heavy atom.